The van der Waals surface area contributed by atoms with Gasteiger partial charge in [0.05, 0.1) is 19.3 Å². The van der Waals surface area contributed by atoms with Crippen molar-refractivity contribution in [2.24, 2.45) is 0 Å². The van der Waals surface area contributed by atoms with Gasteiger partial charge < -0.3 is 14.8 Å². The number of hydrogen-bond acceptors (Lipinski definition) is 6. The molecule has 6 nitrogen and oxygen atoms in total. The molecule has 1 aliphatic rings. The Hall–Kier alpha value is -2.37. The van der Waals surface area contributed by atoms with E-state index in [0.717, 1.165) is 24.3 Å². The average molecular weight is 272 g/mol. The number of anilines is 1. The van der Waals surface area contributed by atoms with E-state index >= 15 is 0 Å². The Labute approximate surface area is 117 Å². The van der Waals surface area contributed by atoms with Crippen molar-refractivity contribution in [2.75, 3.05) is 25.6 Å². The third kappa shape index (κ3) is 2.24. The maximum Gasteiger partial charge on any atom is 0.321 e. The molecule has 0 aliphatic carbocycles. The van der Waals surface area contributed by atoms with Crippen LogP contribution in [0.5, 0.6) is 11.8 Å². The van der Waals surface area contributed by atoms with Crippen LogP contribution in [0.2, 0.25) is 0 Å². The van der Waals surface area contributed by atoms with Crippen molar-refractivity contribution in [3.63, 3.8) is 0 Å². The molecule has 0 atom stereocenters. The minimum Gasteiger partial charge on any atom is -0.492 e. The van der Waals surface area contributed by atoms with Gasteiger partial charge in [0.1, 0.15) is 5.75 Å². The molecule has 1 N–H and O–H groups in total. The molecule has 0 spiro atoms. The van der Waals surface area contributed by atoms with Crippen molar-refractivity contribution in [3.8, 4) is 23.1 Å². The predicted octanol–water partition coefficient (Wildman–Crippen LogP) is 1.91. The summed E-state index contributed by atoms with van der Waals surface area (Å²) >= 11 is 0. The van der Waals surface area contributed by atoms with Crippen molar-refractivity contribution >= 4 is 5.95 Å². The highest BCUT2D eigenvalue weighted by Gasteiger charge is 2.19. The fourth-order valence-electron chi connectivity index (χ4n) is 2.20. The summed E-state index contributed by atoms with van der Waals surface area (Å²) in [4.78, 5) is 12.9. The molecule has 0 amide bonds. The van der Waals surface area contributed by atoms with Gasteiger partial charge in [0.2, 0.25) is 5.95 Å². The van der Waals surface area contributed by atoms with Crippen molar-refractivity contribution in [1.29, 1.82) is 0 Å². The first-order valence-electron chi connectivity index (χ1n) is 6.61. The smallest absolute Gasteiger partial charge is 0.321 e. The van der Waals surface area contributed by atoms with E-state index in [1.165, 1.54) is 5.56 Å². The van der Waals surface area contributed by atoms with Crippen LogP contribution in [0.1, 0.15) is 12.5 Å². The van der Waals surface area contributed by atoms with Gasteiger partial charge in [0, 0.05) is 13.0 Å². The molecule has 0 bridgehead atoms. The lowest BCUT2D eigenvalue weighted by Crippen LogP contribution is -2.06. The van der Waals surface area contributed by atoms with Crippen LogP contribution in [0, 0.1) is 0 Å². The first-order valence-corrected chi connectivity index (χ1v) is 6.61. The van der Waals surface area contributed by atoms with Crippen LogP contribution in [-0.4, -0.2) is 35.2 Å². The summed E-state index contributed by atoms with van der Waals surface area (Å²) in [5, 5.41) is 3.08. The van der Waals surface area contributed by atoms with Crippen LogP contribution in [0.15, 0.2) is 18.2 Å². The minimum atomic E-state index is 0.293. The van der Waals surface area contributed by atoms with Gasteiger partial charge in [-0.1, -0.05) is 12.1 Å². The zero-order valence-corrected chi connectivity index (χ0v) is 11.5. The van der Waals surface area contributed by atoms with Gasteiger partial charge in [-0.3, -0.25) is 0 Å². The Morgan fingerprint density at radius 3 is 3.00 bits per heavy atom. The van der Waals surface area contributed by atoms with Crippen LogP contribution < -0.4 is 14.8 Å². The normalized spacial score (nSPS) is 12.7. The van der Waals surface area contributed by atoms with Gasteiger partial charge in [-0.15, -0.1) is 0 Å². The van der Waals surface area contributed by atoms with Crippen LogP contribution in [0.4, 0.5) is 5.95 Å². The molecule has 6 heteroatoms. The van der Waals surface area contributed by atoms with Crippen LogP contribution in [-0.2, 0) is 6.42 Å². The number of para-hydroxylation sites is 1. The Bertz CT molecular complexity index is 631. The first kappa shape index (κ1) is 12.7. The van der Waals surface area contributed by atoms with Crippen molar-refractivity contribution in [2.45, 2.75) is 13.3 Å². The highest BCUT2D eigenvalue weighted by Crippen LogP contribution is 2.35. The van der Waals surface area contributed by atoms with E-state index in [-0.39, 0.29) is 0 Å². The molecule has 3 rings (SSSR count). The number of nitrogens with one attached hydrogen (secondary N) is 1. The largest absolute Gasteiger partial charge is 0.492 e. The Morgan fingerprint density at radius 1 is 1.30 bits per heavy atom. The number of hydrogen-bond donors (Lipinski definition) is 1. The highest BCUT2D eigenvalue weighted by molar-refractivity contribution is 5.68. The molecule has 104 valence electrons. The lowest BCUT2D eigenvalue weighted by molar-refractivity contribution is 0.357. The van der Waals surface area contributed by atoms with Gasteiger partial charge in [0.15, 0.2) is 5.82 Å². The van der Waals surface area contributed by atoms with Gasteiger partial charge in [-0.25, -0.2) is 0 Å². The van der Waals surface area contributed by atoms with E-state index in [9.17, 15) is 0 Å². The molecule has 20 heavy (non-hydrogen) atoms. The SMILES string of the molecule is CCNc1nc(OC)nc(-c2cccc3c2OCC3)n1. The zero-order valence-electron chi connectivity index (χ0n) is 11.5. The van der Waals surface area contributed by atoms with Crippen LogP contribution in [0.3, 0.4) is 0 Å². The second-order valence-corrected chi connectivity index (χ2v) is 4.39. The molecule has 0 radical (unpaired) electrons. The van der Waals surface area contributed by atoms with Crippen LogP contribution >= 0.6 is 0 Å². The molecule has 1 aliphatic heterocycles. The molecular formula is C14H16N4O2. The van der Waals surface area contributed by atoms with Gasteiger partial charge in [-0.2, -0.15) is 15.0 Å². The third-order valence-corrected chi connectivity index (χ3v) is 3.09. The van der Waals surface area contributed by atoms with Crippen molar-refractivity contribution < 1.29 is 9.47 Å². The van der Waals surface area contributed by atoms with E-state index in [0.29, 0.717) is 24.4 Å². The van der Waals surface area contributed by atoms with E-state index in [1.807, 2.05) is 19.1 Å². The number of benzene rings is 1. The Kier molecular flexibility index (Phi) is 3.37. The third-order valence-electron chi connectivity index (χ3n) is 3.09. The lowest BCUT2D eigenvalue weighted by atomic mass is 10.1. The number of rotatable bonds is 4. The molecule has 1 aromatic carbocycles. The van der Waals surface area contributed by atoms with Crippen molar-refractivity contribution in [1.82, 2.24) is 15.0 Å². The monoisotopic (exact) mass is 272 g/mol. The summed E-state index contributed by atoms with van der Waals surface area (Å²) in [6.45, 7) is 3.42. The topological polar surface area (TPSA) is 69.2 Å². The molecule has 0 fully saturated rings. The predicted molar refractivity (Wildman–Crippen MR) is 75.2 cm³/mol. The first-order chi connectivity index (χ1) is 9.81. The fraction of sp³-hybridized carbons (Fsp3) is 0.357. The van der Waals surface area contributed by atoms with Gasteiger partial charge in [0.25, 0.3) is 0 Å². The molecule has 2 heterocycles. The molecule has 0 unspecified atom stereocenters. The molecule has 0 saturated heterocycles. The minimum absolute atomic E-state index is 0.293. The summed E-state index contributed by atoms with van der Waals surface area (Å²) in [7, 11) is 1.54. The summed E-state index contributed by atoms with van der Waals surface area (Å²) in [5.41, 5.74) is 2.06. The van der Waals surface area contributed by atoms with E-state index in [4.69, 9.17) is 9.47 Å². The second-order valence-electron chi connectivity index (χ2n) is 4.39. The molecule has 0 saturated carbocycles. The van der Waals surface area contributed by atoms with Gasteiger partial charge in [-0.05, 0) is 18.6 Å². The van der Waals surface area contributed by atoms with Crippen LogP contribution in [0.25, 0.3) is 11.4 Å². The maximum absolute atomic E-state index is 5.70. The summed E-state index contributed by atoms with van der Waals surface area (Å²) in [6, 6.07) is 6.30. The average Bonchev–Trinajstić information content (AvgIpc) is 2.95. The highest BCUT2D eigenvalue weighted by atomic mass is 16.5. The summed E-state index contributed by atoms with van der Waals surface area (Å²) in [5.74, 6) is 1.93. The number of ether oxygens (including phenoxy) is 2. The Morgan fingerprint density at radius 2 is 2.20 bits per heavy atom. The van der Waals surface area contributed by atoms with Crippen molar-refractivity contribution in [3.05, 3.63) is 23.8 Å². The van der Waals surface area contributed by atoms with E-state index < -0.39 is 0 Å². The summed E-state index contributed by atoms with van der Waals surface area (Å²) in [6.07, 6.45) is 0.922. The molecule has 1 aromatic heterocycles. The quantitative estimate of drug-likeness (QED) is 0.917. The van der Waals surface area contributed by atoms with E-state index in [1.54, 1.807) is 7.11 Å². The standard InChI is InChI=1S/C14H16N4O2/c1-3-15-13-16-12(17-14(18-13)19-2)10-6-4-5-9-7-8-20-11(9)10/h4-6H,3,7-8H2,1-2H3,(H,15,16,17,18). The Balaban J connectivity index is 2.10. The maximum atomic E-state index is 5.70. The van der Waals surface area contributed by atoms with Gasteiger partial charge >= 0.3 is 6.01 Å². The number of fused-ring (bicyclic) bond motifs is 1. The lowest BCUT2D eigenvalue weighted by Gasteiger charge is -2.09. The second kappa shape index (κ2) is 5.32. The van der Waals surface area contributed by atoms with E-state index in [2.05, 4.69) is 26.3 Å². The number of methoxy groups -OCH3 is 1. The number of aromatic nitrogens is 3. The summed E-state index contributed by atoms with van der Waals surface area (Å²) < 4.78 is 10.8. The molecule has 2 aromatic rings. The molecular weight excluding hydrogens is 256 g/mol. The number of nitrogens with zero attached hydrogens (tertiary/aromatic N) is 3. The fourth-order valence-corrected chi connectivity index (χ4v) is 2.20. The zero-order chi connectivity index (χ0) is 13.9.